The number of aromatic nitrogens is 3. The SMILES string of the molecule is C[C@H]1CNCCN1C(=O)c1ccc(-n2cnnc2)cc1. The van der Waals surface area contributed by atoms with Crippen LogP contribution in [0.15, 0.2) is 36.9 Å². The minimum Gasteiger partial charge on any atom is -0.333 e. The topological polar surface area (TPSA) is 63.1 Å². The number of nitrogens with one attached hydrogen (secondary N) is 1. The normalized spacial score (nSPS) is 19.1. The Labute approximate surface area is 117 Å². The first-order valence-electron chi connectivity index (χ1n) is 6.72. The van der Waals surface area contributed by atoms with Crippen molar-refractivity contribution in [2.45, 2.75) is 13.0 Å². The standard InChI is InChI=1S/C14H17N5O/c1-11-8-15-6-7-19(11)14(20)12-2-4-13(5-3-12)18-9-16-17-10-18/h2-5,9-11,15H,6-8H2,1H3/t11-/m0/s1. The lowest BCUT2D eigenvalue weighted by atomic mass is 10.1. The van der Waals surface area contributed by atoms with Crippen LogP contribution in [-0.2, 0) is 0 Å². The number of carbonyl (C=O) groups is 1. The van der Waals surface area contributed by atoms with Crippen LogP contribution in [0.3, 0.4) is 0 Å². The fourth-order valence-corrected chi connectivity index (χ4v) is 2.42. The van der Waals surface area contributed by atoms with Crippen LogP contribution >= 0.6 is 0 Å². The summed E-state index contributed by atoms with van der Waals surface area (Å²) in [5.74, 6) is 0.0920. The summed E-state index contributed by atoms with van der Waals surface area (Å²) in [4.78, 5) is 14.4. The molecule has 0 aliphatic carbocycles. The highest BCUT2D eigenvalue weighted by molar-refractivity contribution is 5.94. The summed E-state index contributed by atoms with van der Waals surface area (Å²) in [6.45, 7) is 4.53. The molecule has 104 valence electrons. The van der Waals surface area contributed by atoms with Gasteiger partial charge in [0.25, 0.3) is 5.91 Å². The molecule has 1 aromatic carbocycles. The Morgan fingerprint density at radius 2 is 1.95 bits per heavy atom. The van der Waals surface area contributed by atoms with Crippen molar-refractivity contribution in [2.24, 2.45) is 0 Å². The summed E-state index contributed by atoms with van der Waals surface area (Å²) in [5, 5.41) is 10.8. The predicted molar refractivity (Wildman–Crippen MR) is 74.7 cm³/mol. The molecular formula is C14H17N5O. The highest BCUT2D eigenvalue weighted by Gasteiger charge is 2.23. The van der Waals surface area contributed by atoms with E-state index in [-0.39, 0.29) is 11.9 Å². The van der Waals surface area contributed by atoms with Crippen LogP contribution in [-0.4, -0.2) is 51.2 Å². The first-order valence-corrected chi connectivity index (χ1v) is 6.72. The number of hydrogen-bond acceptors (Lipinski definition) is 4. The Kier molecular flexibility index (Phi) is 3.47. The van der Waals surface area contributed by atoms with Gasteiger partial charge in [0.05, 0.1) is 0 Å². The number of rotatable bonds is 2. The Balaban J connectivity index is 1.78. The van der Waals surface area contributed by atoms with Gasteiger partial charge in [-0.2, -0.15) is 0 Å². The van der Waals surface area contributed by atoms with Crippen molar-refractivity contribution < 1.29 is 4.79 Å². The second-order valence-corrected chi connectivity index (χ2v) is 4.97. The van der Waals surface area contributed by atoms with E-state index in [1.165, 1.54) is 0 Å². The summed E-state index contributed by atoms with van der Waals surface area (Å²) >= 11 is 0. The summed E-state index contributed by atoms with van der Waals surface area (Å²) in [5.41, 5.74) is 1.66. The summed E-state index contributed by atoms with van der Waals surface area (Å²) < 4.78 is 1.81. The highest BCUT2D eigenvalue weighted by Crippen LogP contribution is 2.13. The Bertz CT molecular complexity index is 578. The van der Waals surface area contributed by atoms with E-state index in [4.69, 9.17) is 0 Å². The molecule has 0 saturated carbocycles. The predicted octanol–water partition coefficient (Wildman–Crippen LogP) is 0.701. The molecule has 2 heterocycles. The molecule has 1 atom stereocenters. The third-order valence-electron chi connectivity index (χ3n) is 3.59. The fourth-order valence-electron chi connectivity index (χ4n) is 2.42. The van der Waals surface area contributed by atoms with Crippen molar-refractivity contribution in [3.63, 3.8) is 0 Å². The maximum absolute atomic E-state index is 12.5. The van der Waals surface area contributed by atoms with Crippen molar-refractivity contribution in [3.05, 3.63) is 42.5 Å². The lowest BCUT2D eigenvalue weighted by molar-refractivity contribution is 0.0656. The zero-order valence-electron chi connectivity index (χ0n) is 11.4. The van der Waals surface area contributed by atoms with E-state index in [2.05, 4.69) is 22.4 Å². The average molecular weight is 271 g/mol. The smallest absolute Gasteiger partial charge is 0.254 e. The van der Waals surface area contributed by atoms with Gasteiger partial charge in [0.1, 0.15) is 12.7 Å². The molecule has 20 heavy (non-hydrogen) atoms. The van der Waals surface area contributed by atoms with Gasteiger partial charge in [-0.25, -0.2) is 0 Å². The summed E-state index contributed by atoms with van der Waals surface area (Å²) in [6, 6.07) is 7.75. The van der Waals surface area contributed by atoms with Crippen LogP contribution in [0.4, 0.5) is 0 Å². The molecule has 6 nitrogen and oxygen atoms in total. The van der Waals surface area contributed by atoms with Gasteiger partial charge in [0.2, 0.25) is 0 Å². The first kappa shape index (κ1) is 12.8. The van der Waals surface area contributed by atoms with Crippen molar-refractivity contribution in [1.82, 2.24) is 25.0 Å². The third kappa shape index (κ3) is 2.42. The Hall–Kier alpha value is -2.21. The molecule has 0 radical (unpaired) electrons. The number of benzene rings is 1. The van der Waals surface area contributed by atoms with Gasteiger partial charge in [0, 0.05) is 36.9 Å². The van der Waals surface area contributed by atoms with E-state index in [0.29, 0.717) is 0 Å². The van der Waals surface area contributed by atoms with Crippen LogP contribution in [0.25, 0.3) is 5.69 Å². The molecule has 3 rings (SSSR count). The van der Waals surface area contributed by atoms with E-state index in [0.717, 1.165) is 30.9 Å². The van der Waals surface area contributed by atoms with Gasteiger partial charge in [-0.1, -0.05) is 0 Å². The maximum Gasteiger partial charge on any atom is 0.254 e. The van der Waals surface area contributed by atoms with E-state index in [1.807, 2.05) is 33.7 Å². The van der Waals surface area contributed by atoms with Crippen molar-refractivity contribution in [1.29, 1.82) is 0 Å². The van der Waals surface area contributed by atoms with Gasteiger partial charge < -0.3 is 10.2 Å². The Morgan fingerprint density at radius 1 is 1.25 bits per heavy atom. The van der Waals surface area contributed by atoms with Gasteiger partial charge in [-0.3, -0.25) is 9.36 Å². The quantitative estimate of drug-likeness (QED) is 0.873. The first-order chi connectivity index (χ1) is 9.75. The van der Waals surface area contributed by atoms with Crippen molar-refractivity contribution in [2.75, 3.05) is 19.6 Å². The van der Waals surface area contributed by atoms with E-state index >= 15 is 0 Å². The van der Waals surface area contributed by atoms with E-state index < -0.39 is 0 Å². The molecule has 6 heteroatoms. The molecule has 1 N–H and O–H groups in total. The number of amides is 1. The zero-order chi connectivity index (χ0) is 13.9. The maximum atomic E-state index is 12.5. The van der Waals surface area contributed by atoms with Crippen LogP contribution in [0.2, 0.25) is 0 Å². The summed E-state index contributed by atoms with van der Waals surface area (Å²) in [6.07, 6.45) is 3.27. The molecule has 1 amide bonds. The van der Waals surface area contributed by atoms with Crippen LogP contribution in [0.5, 0.6) is 0 Å². The minimum atomic E-state index is 0.0920. The minimum absolute atomic E-state index is 0.0920. The largest absolute Gasteiger partial charge is 0.333 e. The molecule has 1 saturated heterocycles. The zero-order valence-corrected chi connectivity index (χ0v) is 11.4. The van der Waals surface area contributed by atoms with Crippen LogP contribution < -0.4 is 5.32 Å². The van der Waals surface area contributed by atoms with Gasteiger partial charge in [-0.15, -0.1) is 10.2 Å². The number of nitrogens with zero attached hydrogens (tertiary/aromatic N) is 4. The third-order valence-corrected chi connectivity index (χ3v) is 3.59. The highest BCUT2D eigenvalue weighted by atomic mass is 16.2. The second-order valence-electron chi connectivity index (χ2n) is 4.97. The molecule has 1 fully saturated rings. The molecule has 0 spiro atoms. The fraction of sp³-hybridized carbons (Fsp3) is 0.357. The van der Waals surface area contributed by atoms with E-state index in [9.17, 15) is 4.79 Å². The monoisotopic (exact) mass is 271 g/mol. The van der Waals surface area contributed by atoms with Gasteiger partial charge >= 0.3 is 0 Å². The molecule has 1 aliphatic heterocycles. The van der Waals surface area contributed by atoms with E-state index in [1.54, 1.807) is 12.7 Å². The lowest BCUT2D eigenvalue weighted by Crippen LogP contribution is -2.52. The second kappa shape index (κ2) is 5.42. The molecular weight excluding hydrogens is 254 g/mol. The number of piperazine rings is 1. The molecule has 0 unspecified atom stereocenters. The van der Waals surface area contributed by atoms with Crippen LogP contribution in [0.1, 0.15) is 17.3 Å². The molecule has 0 bridgehead atoms. The molecule has 1 aliphatic rings. The number of hydrogen-bond donors (Lipinski definition) is 1. The lowest BCUT2D eigenvalue weighted by Gasteiger charge is -2.34. The molecule has 2 aromatic rings. The average Bonchev–Trinajstić information content (AvgIpc) is 3.01. The van der Waals surface area contributed by atoms with Gasteiger partial charge in [-0.05, 0) is 31.2 Å². The van der Waals surface area contributed by atoms with Gasteiger partial charge in [0.15, 0.2) is 0 Å². The van der Waals surface area contributed by atoms with Crippen LogP contribution in [0, 0.1) is 0 Å². The number of carbonyl (C=O) groups excluding carboxylic acids is 1. The van der Waals surface area contributed by atoms with Crippen molar-refractivity contribution >= 4 is 5.91 Å². The molecule has 1 aromatic heterocycles. The van der Waals surface area contributed by atoms with Crippen molar-refractivity contribution in [3.8, 4) is 5.69 Å². The Morgan fingerprint density at radius 3 is 2.60 bits per heavy atom. The summed E-state index contributed by atoms with van der Waals surface area (Å²) in [7, 11) is 0.